The van der Waals surface area contributed by atoms with E-state index in [-0.39, 0.29) is 0 Å². The lowest BCUT2D eigenvalue weighted by Crippen LogP contribution is -2.57. The highest BCUT2D eigenvalue weighted by molar-refractivity contribution is 6.39. The number of ether oxygens (including phenoxy) is 1. The lowest BCUT2D eigenvalue weighted by molar-refractivity contribution is -0.137. The molecular weight excluding hydrogens is 470 g/mol. The fourth-order valence-electron chi connectivity index (χ4n) is 4.57. The number of methoxy groups -OCH3 is 1. The zero-order valence-corrected chi connectivity index (χ0v) is 21.7. The molecule has 1 aliphatic rings. The van der Waals surface area contributed by atoms with E-state index >= 15 is 0 Å². The average molecular weight is 506 g/mol. The van der Waals surface area contributed by atoms with Crippen molar-refractivity contribution in [1.29, 1.82) is 0 Å². The Labute approximate surface area is 217 Å². The maximum atomic E-state index is 12.7. The summed E-state index contributed by atoms with van der Waals surface area (Å²) < 4.78 is 10.7. The summed E-state index contributed by atoms with van der Waals surface area (Å²) in [7, 11) is 1.53. The number of carbonyl (C=O) groups is 2. The van der Waals surface area contributed by atoms with E-state index < -0.39 is 17.4 Å². The molecule has 2 amide bonds. The molecule has 1 aliphatic heterocycles. The van der Waals surface area contributed by atoms with Crippen LogP contribution in [0.25, 0.3) is 11.3 Å². The van der Waals surface area contributed by atoms with Crippen LogP contribution in [0.3, 0.4) is 0 Å². The molecule has 2 heterocycles. The van der Waals surface area contributed by atoms with E-state index in [1.165, 1.54) is 19.1 Å². The lowest BCUT2D eigenvalue weighted by Gasteiger charge is -2.39. The SMILES string of the molecule is COc1cc(NC(=O)C(=O)NC(C)(C)CN2CCN(CCc3ccccc3)CC2)ccc1-c1cnco1. The van der Waals surface area contributed by atoms with Gasteiger partial charge in [0.15, 0.2) is 12.2 Å². The number of benzene rings is 2. The van der Waals surface area contributed by atoms with E-state index in [1.807, 2.05) is 19.9 Å². The van der Waals surface area contributed by atoms with Gasteiger partial charge >= 0.3 is 11.8 Å². The minimum atomic E-state index is -0.728. The highest BCUT2D eigenvalue weighted by Crippen LogP contribution is 2.32. The van der Waals surface area contributed by atoms with Crippen LogP contribution >= 0.6 is 0 Å². The molecule has 3 aromatic rings. The Balaban J connectivity index is 1.24. The number of hydrogen-bond donors (Lipinski definition) is 2. The van der Waals surface area contributed by atoms with Crippen molar-refractivity contribution in [2.24, 2.45) is 0 Å². The van der Waals surface area contributed by atoms with Crippen molar-refractivity contribution in [3.63, 3.8) is 0 Å². The zero-order valence-electron chi connectivity index (χ0n) is 21.7. The third-order valence-electron chi connectivity index (χ3n) is 6.46. The first-order valence-corrected chi connectivity index (χ1v) is 12.5. The van der Waals surface area contributed by atoms with E-state index in [0.29, 0.717) is 29.3 Å². The summed E-state index contributed by atoms with van der Waals surface area (Å²) in [4.78, 5) is 34.0. The molecule has 0 saturated carbocycles. The third-order valence-corrected chi connectivity index (χ3v) is 6.46. The van der Waals surface area contributed by atoms with Crippen molar-refractivity contribution in [2.45, 2.75) is 25.8 Å². The number of nitrogens with one attached hydrogen (secondary N) is 2. The van der Waals surface area contributed by atoms with Gasteiger partial charge in [-0.2, -0.15) is 0 Å². The van der Waals surface area contributed by atoms with Crippen LogP contribution in [0, 0.1) is 0 Å². The van der Waals surface area contributed by atoms with Crippen LogP contribution in [-0.4, -0.2) is 78.5 Å². The molecule has 9 nitrogen and oxygen atoms in total. The summed E-state index contributed by atoms with van der Waals surface area (Å²) in [6.07, 6.45) is 3.96. The maximum Gasteiger partial charge on any atom is 0.313 e. The topological polar surface area (TPSA) is 99.9 Å². The fraction of sp³-hybridized carbons (Fsp3) is 0.393. The van der Waals surface area contributed by atoms with Gasteiger partial charge in [0, 0.05) is 56.6 Å². The molecule has 9 heteroatoms. The third kappa shape index (κ3) is 7.41. The summed E-state index contributed by atoms with van der Waals surface area (Å²) >= 11 is 0. The largest absolute Gasteiger partial charge is 0.496 e. The minimum absolute atomic E-state index is 0.449. The van der Waals surface area contributed by atoms with Gasteiger partial charge in [0.1, 0.15) is 5.75 Å². The van der Waals surface area contributed by atoms with Crippen molar-refractivity contribution < 1.29 is 18.7 Å². The molecule has 37 heavy (non-hydrogen) atoms. The van der Waals surface area contributed by atoms with Crippen LogP contribution in [0.4, 0.5) is 5.69 Å². The van der Waals surface area contributed by atoms with E-state index in [4.69, 9.17) is 9.15 Å². The number of piperazine rings is 1. The molecule has 1 fully saturated rings. The Morgan fingerprint density at radius 3 is 2.43 bits per heavy atom. The molecule has 196 valence electrons. The Kier molecular flexibility index (Phi) is 8.58. The first-order valence-electron chi connectivity index (χ1n) is 12.5. The fourth-order valence-corrected chi connectivity index (χ4v) is 4.57. The molecule has 0 radical (unpaired) electrons. The lowest BCUT2D eigenvalue weighted by atomic mass is 10.0. The summed E-state index contributed by atoms with van der Waals surface area (Å²) in [6.45, 7) is 9.42. The molecule has 1 saturated heterocycles. The standard InChI is InChI=1S/C28H35N5O4/c1-28(2,19-33-15-13-32(14-16-33)12-11-21-7-5-4-6-8-21)31-27(35)26(34)30-22-9-10-23(24(17-22)36-3)25-18-29-20-37-25/h4-10,17-18,20H,11-16,19H2,1-3H3,(H,30,34)(H,31,35). The predicted octanol–water partition coefficient (Wildman–Crippen LogP) is 3.04. The number of anilines is 1. The van der Waals surface area contributed by atoms with Crippen molar-refractivity contribution in [2.75, 3.05) is 51.7 Å². The Morgan fingerprint density at radius 2 is 1.76 bits per heavy atom. The van der Waals surface area contributed by atoms with E-state index in [2.05, 4.69) is 49.7 Å². The van der Waals surface area contributed by atoms with Gasteiger partial charge in [-0.25, -0.2) is 4.98 Å². The monoisotopic (exact) mass is 505 g/mol. The van der Waals surface area contributed by atoms with Crippen molar-refractivity contribution in [1.82, 2.24) is 20.1 Å². The van der Waals surface area contributed by atoms with Crippen LogP contribution in [0.5, 0.6) is 5.75 Å². The molecular formula is C28H35N5O4. The molecule has 0 atom stereocenters. The van der Waals surface area contributed by atoms with Gasteiger partial charge in [-0.1, -0.05) is 30.3 Å². The Hall–Kier alpha value is -3.69. The number of oxazole rings is 1. The van der Waals surface area contributed by atoms with Crippen LogP contribution in [0.15, 0.2) is 65.5 Å². The van der Waals surface area contributed by atoms with Crippen LogP contribution < -0.4 is 15.4 Å². The summed E-state index contributed by atoms with van der Waals surface area (Å²) in [5.41, 5.74) is 1.94. The van der Waals surface area contributed by atoms with Gasteiger partial charge in [0.05, 0.1) is 18.9 Å². The Morgan fingerprint density at radius 1 is 1.03 bits per heavy atom. The number of aromatic nitrogens is 1. The van der Waals surface area contributed by atoms with Crippen LogP contribution in [0.1, 0.15) is 19.4 Å². The number of carbonyl (C=O) groups excluding carboxylic acids is 2. The van der Waals surface area contributed by atoms with Gasteiger partial charge < -0.3 is 24.7 Å². The molecule has 0 unspecified atom stereocenters. The zero-order chi connectivity index (χ0) is 26.3. The maximum absolute atomic E-state index is 12.7. The smallest absolute Gasteiger partial charge is 0.313 e. The second-order valence-electron chi connectivity index (χ2n) is 9.93. The molecule has 0 spiro atoms. The normalized spacial score (nSPS) is 14.8. The number of amides is 2. The molecule has 1 aromatic heterocycles. The molecule has 0 bridgehead atoms. The van der Waals surface area contributed by atoms with Crippen LogP contribution in [-0.2, 0) is 16.0 Å². The minimum Gasteiger partial charge on any atom is -0.496 e. The van der Waals surface area contributed by atoms with Gasteiger partial charge in [0.2, 0.25) is 0 Å². The second-order valence-corrected chi connectivity index (χ2v) is 9.93. The first kappa shape index (κ1) is 26.4. The molecule has 2 aromatic carbocycles. The number of hydrogen-bond acceptors (Lipinski definition) is 7. The second kappa shape index (κ2) is 12.0. The van der Waals surface area contributed by atoms with Gasteiger partial charge in [-0.05, 0) is 38.0 Å². The molecule has 0 aliphatic carbocycles. The average Bonchev–Trinajstić information content (AvgIpc) is 3.43. The number of nitrogens with zero attached hydrogens (tertiary/aromatic N) is 3. The molecule has 2 N–H and O–H groups in total. The highest BCUT2D eigenvalue weighted by atomic mass is 16.5. The first-order chi connectivity index (χ1) is 17.8. The van der Waals surface area contributed by atoms with Crippen LogP contribution in [0.2, 0.25) is 0 Å². The van der Waals surface area contributed by atoms with Crippen molar-refractivity contribution in [3.8, 4) is 17.1 Å². The van der Waals surface area contributed by atoms with Gasteiger partial charge in [0.25, 0.3) is 0 Å². The van der Waals surface area contributed by atoms with Gasteiger partial charge in [-0.15, -0.1) is 0 Å². The quantitative estimate of drug-likeness (QED) is 0.431. The van der Waals surface area contributed by atoms with Crippen molar-refractivity contribution in [3.05, 3.63) is 66.7 Å². The number of rotatable bonds is 9. The predicted molar refractivity (Wildman–Crippen MR) is 142 cm³/mol. The highest BCUT2D eigenvalue weighted by Gasteiger charge is 2.28. The Bertz CT molecular complexity index is 1170. The summed E-state index contributed by atoms with van der Waals surface area (Å²) in [5.74, 6) is -0.359. The van der Waals surface area contributed by atoms with Crippen molar-refractivity contribution >= 4 is 17.5 Å². The molecule has 4 rings (SSSR count). The van der Waals surface area contributed by atoms with E-state index in [9.17, 15) is 9.59 Å². The van der Waals surface area contributed by atoms with Gasteiger partial charge in [-0.3, -0.25) is 14.5 Å². The summed E-state index contributed by atoms with van der Waals surface area (Å²) in [6, 6.07) is 15.6. The van der Waals surface area contributed by atoms with E-state index in [1.54, 1.807) is 24.4 Å². The van der Waals surface area contributed by atoms with E-state index in [0.717, 1.165) is 39.1 Å². The summed E-state index contributed by atoms with van der Waals surface area (Å²) in [5, 5.41) is 5.53.